The number of benzene rings is 2. The minimum absolute atomic E-state index is 0.0367. The molecule has 3 rings (SSSR count). The Hall–Kier alpha value is -2.03. The van der Waals surface area contributed by atoms with Gasteiger partial charge >= 0.3 is 0 Å². The molecule has 1 N–H and O–H groups in total. The van der Waals surface area contributed by atoms with E-state index in [1.807, 2.05) is 19.1 Å². The first-order valence-corrected chi connectivity index (χ1v) is 6.49. The molecule has 0 saturated heterocycles. The van der Waals surface area contributed by atoms with E-state index < -0.39 is 0 Å². The van der Waals surface area contributed by atoms with Crippen molar-refractivity contribution in [2.75, 3.05) is 7.11 Å². The number of Topliss-reactive ketones (excluding diaryl/α,β-unsaturated/α-hetero) is 1. The maximum atomic E-state index is 12.1. The number of hydrogen-bond donors (Lipinski definition) is 1. The predicted octanol–water partition coefficient (Wildman–Crippen LogP) is 3.38. The van der Waals surface area contributed by atoms with Crippen LogP contribution in [0.4, 0.5) is 0 Å². The molecule has 1 aliphatic rings. The van der Waals surface area contributed by atoms with E-state index in [0.29, 0.717) is 23.1 Å². The maximum absolute atomic E-state index is 12.1. The van der Waals surface area contributed by atoms with Crippen molar-refractivity contribution < 1.29 is 14.6 Å². The number of ether oxygens (including phenoxy) is 1. The van der Waals surface area contributed by atoms with Crippen LogP contribution in [0.5, 0.6) is 11.5 Å². The third-order valence-corrected chi connectivity index (χ3v) is 3.99. The molecule has 2 aromatic rings. The fourth-order valence-electron chi connectivity index (χ4n) is 3.04. The van der Waals surface area contributed by atoms with E-state index in [2.05, 4.69) is 0 Å². The summed E-state index contributed by atoms with van der Waals surface area (Å²) in [5.74, 6) is 0.728. The Morgan fingerprint density at radius 2 is 2.05 bits per heavy atom. The van der Waals surface area contributed by atoms with Gasteiger partial charge in [0.05, 0.1) is 18.1 Å². The van der Waals surface area contributed by atoms with Crippen LogP contribution in [-0.2, 0) is 6.42 Å². The highest BCUT2D eigenvalue weighted by Crippen LogP contribution is 2.42. The molecule has 0 aromatic heterocycles. The standard InChI is InChI=1S/C16H16O3/c1-9-10-5-3-7-12(17)14(10)16(18)15-11(9)6-4-8-13(15)19-2/h4,6,8,18H,3,5,7H2,1-2H3. The number of aromatic hydroxyl groups is 1. The molecule has 3 heteroatoms. The van der Waals surface area contributed by atoms with Crippen molar-refractivity contribution in [3.8, 4) is 11.5 Å². The van der Waals surface area contributed by atoms with Crippen LogP contribution in [0.2, 0.25) is 0 Å². The lowest BCUT2D eigenvalue weighted by Crippen LogP contribution is -2.13. The molecule has 19 heavy (non-hydrogen) atoms. The van der Waals surface area contributed by atoms with Gasteiger partial charge < -0.3 is 9.84 Å². The lowest BCUT2D eigenvalue weighted by atomic mass is 9.84. The van der Waals surface area contributed by atoms with Crippen molar-refractivity contribution in [3.63, 3.8) is 0 Å². The van der Waals surface area contributed by atoms with Crippen LogP contribution in [0.25, 0.3) is 10.8 Å². The van der Waals surface area contributed by atoms with Gasteiger partial charge in [0.2, 0.25) is 0 Å². The summed E-state index contributed by atoms with van der Waals surface area (Å²) in [4.78, 5) is 12.1. The van der Waals surface area contributed by atoms with Crippen LogP contribution in [0.15, 0.2) is 18.2 Å². The molecule has 3 nitrogen and oxygen atoms in total. The van der Waals surface area contributed by atoms with Crippen LogP contribution in [-0.4, -0.2) is 18.0 Å². The van der Waals surface area contributed by atoms with E-state index in [0.717, 1.165) is 29.4 Å². The van der Waals surface area contributed by atoms with Crippen molar-refractivity contribution in [3.05, 3.63) is 34.9 Å². The zero-order chi connectivity index (χ0) is 13.6. The average Bonchev–Trinajstić information content (AvgIpc) is 2.43. The van der Waals surface area contributed by atoms with Crippen LogP contribution >= 0.6 is 0 Å². The summed E-state index contributed by atoms with van der Waals surface area (Å²) in [5.41, 5.74) is 2.57. The first-order valence-electron chi connectivity index (χ1n) is 6.49. The minimum atomic E-state index is 0.0367. The number of ketones is 1. The smallest absolute Gasteiger partial charge is 0.166 e. The van der Waals surface area contributed by atoms with Gasteiger partial charge in [-0.2, -0.15) is 0 Å². The highest BCUT2D eigenvalue weighted by Gasteiger charge is 2.26. The van der Waals surface area contributed by atoms with Gasteiger partial charge in [0.15, 0.2) is 5.78 Å². The largest absolute Gasteiger partial charge is 0.506 e. The van der Waals surface area contributed by atoms with Gasteiger partial charge in [0.1, 0.15) is 11.5 Å². The molecule has 0 heterocycles. The fraction of sp³-hybridized carbons (Fsp3) is 0.312. The Morgan fingerprint density at radius 1 is 1.26 bits per heavy atom. The number of fused-ring (bicyclic) bond motifs is 2. The average molecular weight is 256 g/mol. The normalized spacial score (nSPS) is 14.5. The molecular weight excluding hydrogens is 240 g/mol. The predicted molar refractivity (Wildman–Crippen MR) is 74.2 cm³/mol. The number of carbonyl (C=O) groups is 1. The van der Waals surface area contributed by atoms with Crippen molar-refractivity contribution >= 4 is 16.6 Å². The Bertz CT molecular complexity index is 686. The second kappa shape index (κ2) is 4.26. The quantitative estimate of drug-likeness (QED) is 0.850. The van der Waals surface area contributed by atoms with Gasteiger partial charge in [-0.25, -0.2) is 0 Å². The maximum Gasteiger partial charge on any atom is 0.166 e. The van der Waals surface area contributed by atoms with Crippen LogP contribution < -0.4 is 4.74 Å². The molecule has 0 unspecified atom stereocenters. The molecular formula is C16H16O3. The summed E-state index contributed by atoms with van der Waals surface area (Å²) in [7, 11) is 1.57. The number of rotatable bonds is 1. The molecule has 98 valence electrons. The monoisotopic (exact) mass is 256 g/mol. The topological polar surface area (TPSA) is 46.5 Å². The van der Waals surface area contributed by atoms with Crippen LogP contribution in [0.3, 0.4) is 0 Å². The van der Waals surface area contributed by atoms with Crippen molar-refractivity contribution in [1.82, 2.24) is 0 Å². The van der Waals surface area contributed by atoms with E-state index in [4.69, 9.17) is 4.74 Å². The number of phenols is 1. The Morgan fingerprint density at radius 3 is 2.79 bits per heavy atom. The molecule has 0 saturated carbocycles. The lowest BCUT2D eigenvalue weighted by Gasteiger charge is -2.21. The molecule has 0 radical (unpaired) electrons. The molecule has 0 bridgehead atoms. The van der Waals surface area contributed by atoms with Gasteiger partial charge in [0, 0.05) is 6.42 Å². The molecule has 1 aliphatic carbocycles. The summed E-state index contributed by atoms with van der Waals surface area (Å²) in [6.07, 6.45) is 2.23. The minimum Gasteiger partial charge on any atom is -0.506 e. The third-order valence-electron chi connectivity index (χ3n) is 3.99. The van der Waals surface area contributed by atoms with Crippen LogP contribution in [0, 0.1) is 6.92 Å². The van der Waals surface area contributed by atoms with E-state index in [1.165, 1.54) is 0 Å². The second-order valence-electron chi connectivity index (χ2n) is 4.99. The van der Waals surface area contributed by atoms with Gasteiger partial charge in [-0.1, -0.05) is 12.1 Å². The Balaban J connectivity index is 2.49. The van der Waals surface area contributed by atoms with E-state index in [-0.39, 0.29) is 11.5 Å². The number of aryl methyl sites for hydroxylation is 1. The zero-order valence-corrected chi connectivity index (χ0v) is 11.1. The fourth-order valence-corrected chi connectivity index (χ4v) is 3.04. The van der Waals surface area contributed by atoms with E-state index >= 15 is 0 Å². The Kier molecular flexibility index (Phi) is 2.70. The summed E-state index contributed by atoms with van der Waals surface area (Å²) < 4.78 is 5.32. The van der Waals surface area contributed by atoms with Crippen molar-refractivity contribution in [2.24, 2.45) is 0 Å². The third kappa shape index (κ3) is 1.61. The number of carbonyl (C=O) groups excluding carboxylic acids is 1. The SMILES string of the molecule is COc1cccc2c(C)c3c(c(O)c12)C(=O)CCC3. The Labute approximate surface area is 111 Å². The summed E-state index contributed by atoms with van der Waals surface area (Å²) >= 11 is 0. The highest BCUT2D eigenvalue weighted by atomic mass is 16.5. The second-order valence-corrected chi connectivity index (χ2v) is 4.99. The zero-order valence-electron chi connectivity index (χ0n) is 11.1. The number of hydrogen-bond acceptors (Lipinski definition) is 3. The van der Waals surface area contributed by atoms with Gasteiger partial charge in [0.25, 0.3) is 0 Å². The summed E-state index contributed by atoms with van der Waals surface area (Å²) in [6, 6.07) is 5.68. The van der Waals surface area contributed by atoms with Crippen LogP contribution in [0.1, 0.15) is 34.3 Å². The molecule has 0 spiro atoms. The molecule has 0 amide bonds. The van der Waals surface area contributed by atoms with E-state index in [1.54, 1.807) is 13.2 Å². The number of methoxy groups -OCH3 is 1. The van der Waals surface area contributed by atoms with E-state index in [9.17, 15) is 9.90 Å². The van der Waals surface area contributed by atoms with Crippen molar-refractivity contribution in [1.29, 1.82) is 0 Å². The number of phenolic OH excluding ortho intramolecular Hbond substituents is 1. The first-order chi connectivity index (χ1) is 9.15. The van der Waals surface area contributed by atoms with Gasteiger partial charge in [-0.15, -0.1) is 0 Å². The molecule has 2 aromatic carbocycles. The van der Waals surface area contributed by atoms with Gasteiger partial charge in [-0.05, 0) is 42.3 Å². The highest BCUT2D eigenvalue weighted by molar-refractivity contribution is 6.09. The molecule has 0 atom stereocenters. The van der Waals surface area contributed by atoms with Crippen molar-refractivity contribution in [2.45, 2.75) is 26.2 Å². The summed E-state index contributed by atoms with van der Waals surface area (Å²) in [6.45, 7) is 2.01. The lowest BCUT2D eigenvalue weighted by molar-refractivity contribution is 0.0970. The molecule has 0 aliphatic heterocycles. The first kappa shape index (κ1) is 12.0. The molecule has 0 fully saturated rings. The van der Waals surface area contributed by atoms with Gasteiger partial charge in [-0.3, -0.25) is 4.79 Å². The summed E-state index contributed by atoms with van der Waals surface area (Å²) in [5, 5.41) is 12.1.